The van der Waals surface area contributed by atoms with Crippen molar-refractivity contribution in [3.63, 3.8) is 0 Å². The Kier molecular flexibility index (Phi) is 6.99. The molecule has 0 aromatic heterocycles. The maximum Gasteiger partial charge on any atom is 0.326 e. The summed E-state index contributed by atoms with van der Waals surface area (Å²) in [5.74, 6) is -0.0220. The summed E-state index contributed by atoms with van der Waals surface area (Å²) in [5.41, 5.74) is 0. The van der Waals surface area contributed by atoms with Crippen LogP contribution in [-0.2, 0) is 4.79 Å². The summed E-state index contributed by atoms with van der Waals surface area (Å²) in [6, 6.07) is -0.776. The van der Waals surface area contributed by atoms with Crippen LogP contribution in [0.15, 0.2) is 0 Å². The molecule has 0 aliphatic carbocycles. The number of hydrogen-bond acceptors (Lipinski definition) is 2. The lowest BCUT2D eigenvalue weighted by molar-refractivity contribution is -0.144. The van der Waals surface area contributed by atoms with E-state index >= 15 is 0 Å². The number of likely N-dealkylation sites (tertiary alicyclic amines) is 1. The summed E-state index contributed by atoms with van der Waals surface area (Å²) in [6.45, 7) is 10.2. The Balaban J connectivity index is 2.79. The van der Waals surface area contributed by atoms with E-state index in [1.807, 2.05) is 6.92 Å². The van der Waals surface area contributed by atoms with Crippen LogP contribution in [0.4, 0.5) is 4.79 Å². The Bertz CT molecular complexity index is 359. The van der Waals surface area contributed by atoms with Crippen LogP contribution in [0.25, 0.3) is 0 Å². The zero-order valence-electron chi connectivity index (χ0n) is 13.8. The lowest BCUT2D eigenvalue weighted by Crippen LogP contribution is -2.55. The summed E-state index contributed by atoms with van der Waals surface area (Å²) in [7, 11) is 0. The van der Waals surface area contributed by atoms with Gasteiger partial charge in [-0.2, -0.15) is 0 Å². The molecule has 122 valence electrons. The SMILES string of the molecule is CCC(C)CN(CC)C(=O)N1CCC(CC)CC1C(=O)O. The molecule has 3 unspecified atom stereocenters. The van der Waals surface area contributed by atoms with Crippen LogP contribution in [0.2, 0.25) is 0 Å². The zero-order valence-corrected chi connectivity index (χ0v) is 13.8. The third-order valence-corrected chi connectivity index (χ3v) is 4.70. The molecule has 1 saturated heterocycles. The largest absolute Gasteiger partial charge is 0.480 e. The van der Waals surface area contributed by atoms with Crippen molar-refractivity contribution in [2.45, 2.75) is 59.4 Å². The molecule has 1 rings (SSSR count). The predicted molar refractivity (Wildman–Crippen MR) is 83.2 cm³/mol. The highest BCUT2D eigenvalue weighted by Gasteiger charge is 2.37. The quantitative estimate of drug-likeness (QED) is 0.820. The summed E-state index contributed by atoms with van der Waals surface area (Å²) >= 11 is 0. The Labute approximate surface area is 128 Å². The Morgan fingerprint density at radius 1 is 1.33 bits per heavy atom. The molecule has 2 amide bonds. The van der Waals surface area contributed by atoms with E-state index in [1.54, 1.807) is 9.80 Å². The van der Waals surface area contributed by atoms with Crippen molar-refractivity contribution in [3.05, 3.63) is 0 Å². The van der Waals surface area contributed by atoms with E-state index in [0.29, 0.717) is 37.9 Å². The first-order valence-corrected chi connectivity index (χ1v) is 8.22. The highest BCUT2D eigenvalue weighted by molar-refractivity contribution is 5.83. The molecule has 0 radical (unpaired) electrons. The molecule has 5 nitrogen and oxygen atoms in total. The number of hydrogen-bond donors (Lipinski definition) is 1. The monoisotopic (exact) mass is 298 g/mol. The van der Waals surface area contributed by atoms with Crippen LogP contribution in [0.5, 0.6) is 0 Å². The fraction of sp³-hybridized carbons (Fsp3) is 0.875. The van der Waals surface area contributed by atoms with Crippen molar-refractivity contribution < 1.29 is 14.7 Å². The van der Waals surface area contributed by atoms with Gasteiger partial charge in [0.15, 0.2) is 0 Å². The van der Waals surface area contributed by atoms with Crippen molar-refractivity contribution in [3.8, 4) is 0 Å². The average molecular weight is 298 g/mol. The van der Waals surface area contributed by atoms with Gasteiger partial charge in [-0.25, -0.2) is 9.59 Å². The van der Waals surface area contributed by atoms with Gasteiger partial charge in [-0.15, -0.1) is 0 Å². The lowest BCUT2D eigenvalue weighted by Gasteiger charge is -2.40. The van der Waals surface area contributed by atoms with Gasteiger partial charge in [0.1, 0.15) is 6.04 Å². The third kappa shape index (κ3) is 4.61. The summed E-state index contributed by atoms with van der Waals surface area (Å²) < 4.78 is 0. The highest BCUT2D eigenvalue weighted by atomic mass is 16.4. The summed E-state index contributed by atoms with van der Waals surface area (Å²) in [4.78, 5) is 27.5. The number of aliphatic carboxylic acids is 1. The van der Waals surface area contributed by atoms with E-state index in [2.05, 4.69) is 20.8 Å². The Hall–Kier alpha value is -1.26. The van der Waals surface area contributed by atoms with Crippen molar-refractivity contribution in [2.75, 3.05) is 19.6 Å². The number of carbonyl (C=O) groups excluding carboxylic acids is 1. The van der Waals surface area contributed by atoms with Crippen LogP contribution in [0.1, 0.15) is 53.4 Å². The lowest BCUT2D eigenvalue weighted by atomic mass is 9.89. The second kappa shape index (κ2) is 8.25. The fourth-order valence-electron chi connectivity index (χ4n) is 2.90. The smallest absolute Gasteiger partial charge is 0.326 e. The summed E-state index contributed by atoms with van der Waals surface area (Å²) in [6.07, 6.45) is 3.49. The molecule has 0 bridgehead atoms. The van der Waals surface area contributed by atoms with Crippen LogP contribution >= 0.6 is 0 Å². The van der Waals surface area contributed by atoms with Gasteiger partial charge in [-0.1, -0.05) is 33.6 Å². The van der Waals surface area contributed by atoms with Gasteiger partial charge in [0.05, 0.1) is 0 Å². The topological polar surface area (TPSA) is 60.9 Å². The molecule has 1 aliphatic rings. The third-order valence-electron chi connectivity index (χ3n) is 4.70. The standard InChI is InChI=1S/C16H30N2O3/c1-5-12(4)11-17(7-3)16(21)18-9-8-13(6-2)10-14(18)15(19)20/h12-14H,5-11H2,1-4H3,(H,19,20). The van der Waals surface area contributed by atoms with Crippen LogP contribution in [0.3, 0.4) is 0 Å². The number of carboxylic acid groups (broad SMARTS) is 1. The van der Waals surface area contributed by atoms with Gasteiger partial charge in [0, 0.05) is 19.6 Å². The molecule has 5 heteroatoms. The fourth-order valence-corrected chi connectivity index (χ4v) is 2.90. The first kappa shape index (κ1) is 17.8. The number of piperidine rings is 1. The highest BCUT2D eigenvalue weighted by Crippen LogP contribution is 2.26. The Morgan fingerprint density at radius 3 is 2.48 bits per heavy atom. The second-order valence-corrected chi connectivity index (χ2v) is 6.18. The minimum absolute atomic E-state index is 0.111. The zero-order chi connectivity index (χ0) is 16.0. The molecule has 1 heterocycles. The van der Waals surface area contributed by atoms with E-state index in [9.17, 15) is 14.7 Å². The van der Waals surface area contributed by atoms with Gasteiger partial charge in [0.2, 0.25) is 0 Å². The van der Waals surface area contributed by atoms with Crippen LogP contribution in [-0.4, -0.2) is 52.6 Å². The maximum absolute atomic E-state index is 12.7. The molecule has 0 saturated carbocycles. The first-order valence-electron chi connectivity index (χ1n) is 8.22. The number of rotatable bonds is 6. The Morgan fingerprint density at radius 2 is 2.00 bits per heavy atom. The average Bonchev–Trinajstić information content (AvgIpc) is 2.50. The second-order valence-electron chi connectivity index (χ2n) is 6.18. The molecule has 1 N–H and O–H groups in total. The molecular formula is C16H30N2O3. The van der Waals surface area contributed by atoms with E-state index in [4.69, 9.17) is 0 Å². The van der Waals surface area contributed by atoms with E-state index in [0.717, 1.165) is 19.3 Å². The van der Waals surface area contributed by atoms with Gasteiger partial charge in [0.25, 0.3) is 0 Å². The van der Waals surface area contributed by atoms with Crippen LogP contribution in [0, 0.1) is 11.8 Å². The van der Waals surface area contributed by atoms with Gasteiger partial charge < -0.3 is 14.9 Å². The maximum atomic E-state index is 12.7. The molecule has 0 aromatic carbocycles. The molecule has 1 fully saturated rings. The minimum Gasteiger partial charge on any atom is -0.480 e. The van der Waals surface area contributed by atoms with Crippen molar-refractivity contribution >= 4 is 12.0 Å². The molecule has 1 aliphatic heterocycles. The number of amides is 2. The van der Waals surface area contributed by atoms with Crippen molar-refractivity contribution in [1.29, 1.82) is 0 Å². The van der Waals surface area contributed by atoms with E-state index < -0.39 is 12.0 Å². The molecular weight excluding hydrogens is 268 g/mol. The molecule has 21 heavy (non-hydrogen) atoms. The number of urea groups is 1. The normalized spacial score (nSPS) is 23.7. The number of carbonyl (C=O) groups is 2. The summed E-state index contributed by atoms with van der Waals surface area (Å²) in [5, 5.41) is 9.44. The molecule has 0 aromatic rings. The van der Waals surface area contributed by atoms with Crippen LogP contribution < -0.4 is 0 Å². The van der Waals surface area contributed by atoms with Crippen molar-refractivity contribution in [2.24, 2.45) is 11.8 Å². The molecule has 0 spiro atoms. The van der Waals surface area contributed by atoms with E-state index in [-0.39, 0.29) is 6.03 Å². The predicted octanol–water partition coefficient (Wildman–Crippen LogP) is 3.05. The van der Waals surface area contributed by atoms with Gasteiger partial charge >= 0.3 is 12.0 Å². The minimum atomic E-state index is -0.874. The van der Waals surface area contributed by atoms with Gasteiger partial charge in [-0.3, -0.25) is 0 Å². The van der Waals surface area contributed by atoms with E-state index in [1.165, 1.54) is 0 Å². The molecule has 3 atom stereocenters. The first-order chi connectivity index (χ1) is 9.94. The number of carboxylic acids is 1. The van der Waals surface area contributed by atoms with Crippen molar-refractivity contribution in [1.82, 2.24) is 9.80 Å². The number of nitrogens with zero attached hydrogens (tertiary/aromatic N) is 2. The van der Waals surface area contributed by atoms with Gasteiger partial charge in [-0.05, 0) is 31.6 Å².